The molecule has 2 aliphatic heterocycles. The molecule has 2 aromatic carbocycles. The second-order valence-electron chi connectivity index (χ2n) is 7.84. The predicted molar refractivity (Wildman–Crippen MR) is 114 cm³/mol. The van der Waals surface area contributed by atoms with Gasteiger partial charge in [-0.2, -0.15) is 4.31 Å². The van der Waals surface area contributed by atoms with Crippen LogP contribution in [0.15, 0.2) is 53.4 Å². The first-order valence-electron chi connectivity index (χ1n) is 10.3. The maximum Gasteiger partial charge on any atom is 0.251 e. The Morgan fingerprint density at radius 2 is 1.61 bits per heavy atom. The van der Waals surface area contributed by atoms with Crippen molar-refractivity contribution >= 4 is 27.5 Å². The normalized spacial score (nSPS) is 20.1. The van der Waals surface area contributed by atoms with Gasteiger partial charge in [-0.15, -0.1) is 0 Å². The van der Waals surface area contributed by atoms with E-state index in [1.165, 1.54) is 57.7 Å². The van der Waals surface area contributed by atoms with Crippen molar-refractivity contribution in [1.29, 1.82) is 0 Å². The van der Waals surface area contributed by atoms with Gasteiger partial charge < -0.3 is 10.2 Å². The van der Waals surface area contributed by atoms with Crippen molar-refractivity contribution in [2.45, 2.75) is 36.6 Å². The number of carbonyl (C=O) groups excluding carboxylic acids is 2. The van der Waals surface area contributed by atoms with E-state index in [0.717, 1.165) is 19.3 Å². The highest BCUT2D eigenvalue weighted by Gasteiger charge is 2.32. The highest BCUT2D eigenvalue weighted by Crippen LogP contribution is 2.23. The van der Waals surface area contributed by atoms with Crippen molar-refractivity contribution in [1.82, 2.24) is 9.62 Å². The van der Waals surface area contributed by atoms with Crippen LogP contribution in [0.3, 0.4) is 0 Å². The fourth-order valence-corrected chi connectivity index (χ4v) is 5.49. The minimum absolute atomic E-state index is 0.143. The molecule has 7 nitrogen and oxygen atoms in total. The monoisotopic (exact) mass is 445 g/mol. The fourth-order valence-electron chi connectivity index (χ4n) is 3.98. The number of piperidine rings is 1. The van der Waals surface area contributed by atoms with Gasteiger partial charge in [0.25, 0.3) is 5.91 Å². The largest absolute Gasteiger partial charge is 0.347 e. The molecule has 2 fully saturated rings. The summed E-state index contributed by atoms with van der Waals surface area (Å²) in [6.45, 7) is 1.33. The van der Waals surface area contributed by atoms with Crippen LogP contribution in [0.25, 0.3) is 0 Å². The lowest BCUT2D eigenvalue weighted by atomic mass is 10.2. The van der Waals surface area contributed by atoms with Gasteiger partial charge in [0.1, 0.15) is 5.82 Å². The van der Waals surface area contributed by atoms with E-state index in [0.29, 0.717) is 24.3 Å². The number of halogens is 1. The maximum absolute atomic E-state index is 13.1. The topological polar surface area (TPSA) is 86.8 Å². The second kappa shape index (κ2) is 8.76. The molecule has 31 heavy (non-hydrogen) atoms. The molecule has 2 heterocycles. The van der Waals surface area contributed by atoms with E-state index in [-0.39, 0.29) is 41.5 Å². The summed E-state index contributed by atoms with van der Waals surface area (Å²) in [5, 5.41) is 2.82. The Labute approximate surface area is 180 Å². The third-order valence-corrected chi connectivity index (χ3v) is 7.58. The molecule has 0 spiro atoms. The zero-order valence-electron chi connectivity index (χ0n) is 17.0. The van der Waals surface area contributed by atoms with Crippen LogP contribution < -0.4 is 10.2 Å². The number of benzene rings is 2. The summed E-state index contributed by atoms with van der Waals surface area (Å²) in [4.78, 5) is 26.6. The maximum atomic E-state index is 13.1. The van der Waals surface area contributed by atoms with Gasteiger partial charge in [0.05, 0.1) is 10.9 Å². The third kappa shape index (κ3) is 4.62. The van der Waals surface area contributed by atoms with Crippen LogP contribution in [-0.4, -0.2) is 50.2 Å². The predicted octanol–water partition coefficient (Wildman–Crippen LogP) is 2.54. The molecule has 4 rings (SSSR count). The molecule has 2 saturated heterocycles. The summed E-state index contributed by atoms with van der Waals surface area (Å²) in [5.41, 5.74) is 0.903. The average molecular weight is 446 g/mol. The van der Waals surface area contributed by atoms with Gasteiger partial charge in [-0.25, -0.2) is 12.8 Å². The van der Waals surface area contributed by atoms with E-state index in [9.17, 15) is 22.4 Å². The Kier molecular flexibility index (Phi) is 6.06. The summed E-state index contributed by atoms with van der Waals surface area (Å²) in [7, 11) is -3.55. The molecule has 0 bridgehead atoms. The molecule has 2 aliphatic rings. The van der Waals surface area contributed by atoms with Crippen LogP contribution in [0.5, 0.6) is 0 Å². The van der Waals surface area contributed by atoms with Crippen molar-refractivity contribution in [3.8, 4) is 0 Å². The number of nitrogens with one attached hydrogen (secondary N) is 1. The number of carbonyl (C=O) groups is 2. The Bertz CT molecular complexity index is 1060. The van der Waals surface area contributed by atoms with Crippen molar-refractivity contribution in [3.63, 3.8) is 0 Å². The van der Waals surface area contributed by atoms with Gasteiger partial charge in [0.2, 0.25) is 15.9 Å². The number of amides is 2. The quantitative estimate of drug-likeness (QED) is 0.766. The van der Waals surface area contributed by atoms with E-state index in [4.69, 9.17) is 0 Å². The molecule has 9 heteroatoms. The summed E-state index contributed by atoms with van der Waals surface area (Å²) < 4.78 is 40.1. The number of anilines is 1. The summed E-state index contributed by atoms with van der Waals surface area (Å²) in [5.74, 6) is -0.911. The minimum atomic E-state index is -3.55. The van der Waals surface area contributed by atoms with E-state index < -0.39 is 10.0 Å². The molecular weight excluding hydrogens is 421 g/mol. The Morgan fingerprint density at radius 3 is 2.26 bits per heavy atom. The fraction of sp³-hybridized carbons (Fsp3) is 0.364. The third-order valence-electron chi connectivity index (χ3n) is 5.67. The first-order chi connectivity index (χ1) is 14.8. The Morgan fingerprint density at radius 1 is 0.968 bits per heavy atom. The molecule has 1 N–H and O–H groups in total. The van der Waals surface area contributed by atoms with Gasteiger partial charge in [0.15, 0.2) is 0 Å². The Hall–Kier alpha value is -2.78. The number of hydrogen-bond acceptors (Lipinski definition) is 4. The van der Waals surface area contributed by atoms with Crippen LogP contribution in [0, 0.1) is 5.82 Å². The van der Waals surface area contributed by atoms with Gasteiger partial charge in [-0.3, -0.25) is 9.59 Å². The summed E-state index contributed by atoms with van der Waals surface area (Å²) in [6.07, 6.45) is 2.89. The zero-order chi connectivity index (χ0) is 22.0. The SMILES string of the molecule is O=C(N[C@@H]1CC(=O)N(c2ccc(F)cc2)C1)c1ccc(S(=O)(=O)N2CCCCC2)cc1. The van der Waals surface area contributed by atoms with Crippen molar-refractivity contribution in [2.75, 3.05) is 24.5 Å². The lowest BCUT2D eigenvalue weighted by molar-refractivity contribution is -0.117. The standard InChI is InChI=1S/C22H24FN3O4S/c23-17-6-8-19(9-7-17)26-15-18(14-21(26)27)24-22(28)16-4-10-20(11-5-16)31(29,30)25-12-2-1-3-13-25/h4-11,18H,1-3,12-15H2,(H,24,28)/t18-/m1/s1. The van der Waals surface area contributed by atoms with E-state index >= 15 is 0 Å². The molecule has 1 atom stereocenters. The van der Waals surface area contributed by atoms with Crippen molar-refractivity contribution < 1.29 is 22.4 Å². The molecule has 2 amide bonds. The Balaban J connectivity index is 1.40. The average Bonchev–Trinajstić information content (AvgIpc) is 3.14. The number of rotatable bonds is 5. The van der Waals surface area contributed by atoms with Crippen LogP contribution >= 0.6 is 0 Å². The number of nitrogens with zero attached hydrogens (tertiary/aromatic N) is 2. The molecule has 0 saturated carbocycles. The minimum Gasteiger partial charge on any atom is -0.347 e. The van der Waals surface area contributed by atoms with Crippen molar-refractivity contribution in [3.05, 3.63) is 59.9 Å². The first kappa shape index (κ1) is 21.5. The van der Waals surface area contributed by atoms with Crippen LogP contribution in [0.1, 0.15) is 36.0 Å². The molecule has 0 radical (unpaired) electrons. The zero-order valence-corrected chi connectivity index (χ0v) is 17.8. The van der Waals surface area contributed by atoms with Gasteiger partial charge in [0, 0.05) is 37.3 Å². The van der Waals surface area contributed by atoms with E-state index in [1.807, 2.05) is 0 Å². The van der Waals surface area contributed by atoms with Crippen LogP contribution in [-0.2, 0) is 14.8 Å². The lowest BCUT2D eigenvalue weighted by Gasteiger charge is -2.25. The highest BCUT2D eigenvalue weighted by atomic mass is 32.2. The van der Waals surface area contributed by atoms with E-state index in [1.54, 1.807) is 0 Å². The molecule has 0 aromatic heterocycles. The van der Waals surface area contributed by atoms with E-state index in [2.05, 4.69) is 5.32 Å². The molecular formula is C22H24FN3O4S. The first-order valence-corrected chi connectivity index (χ1v) is 11.8. The van der Waals surface area contributed by atoms with Gasteiger partial charge in [-0.1, -0.05) is 6.42 Å². The highest BCUT2D eigenvalue weighted by molar-refractivity contribution is 7.89. The van der Waals surface area contributed by atoms with Crippen LogP contribution in [0.4, 0.5) is 10.1 Å². The van der Waals surface area contributed by atoms with Gasteiger partial charge in [-0.05, 0) is 61.4 Å². The lowest BCUT2D eigenvalue weighted by Crippen LogP contribution is -2.37. The van der Waals surface area contributed by atoms with Crippen molar-refractivity contribution in [2.24, 2.45) is 0 Å². The molecule has 2 aromatic rings. The number of hydrogen-bond donors (Lipinski definition) is 1. The molecule has 0 aliphatic carbocycles. The summed E-state index contributed by atoms with van der Waals surface area (Å²) >= 11 is 0. The second-order valence-corrected chi connectivity index (χ2v) is 9.78. The number of sulfonamides is 1. The molecule has 0 unspecified atom stereocenters. The van der Waals surface area contributed by atoms with Crippen LogP contribution in [0.2, 0.25) is 0 Å². The smallest absolute Gasteiger partial charge is 0.251 e. The molecule has 164 valence electrons. The van der Waals surface area contributed by atoms with Gasteiger partial charge >= 0.3 is 0 Å². The summed E-state index contributed by atoms with van der Waals surface area (Å²) in [6, 6.07) is 11.1.